The van der Waals surface area contributed by atoms with Crippen LogP contribution < -0.4 is 0 Å². The van der Waals surface area contributed by atoms with Gasteiger partial charge in [0.2, 0.25) is 0 Å². The van der Waals surface area contributed by atoms with E-state index in [0.29, 0.717) is 12.3 Å². The number of carbonyl (C=O) groups is 1. The number of ketones is 1. The highest BCUT2D eigenvalue weighted by atomic mass is 16.1. The Morgan fingerprint density at radius 3 is 3.06 bits per heavy atom. The molecule has 3 nitrogen and oxygen atoms in total. The molecule has 0 amide bonds. The Morgan fingerprint density at radius 2 is 2.31 bits per heavy atom. The Morgan fingerprint density at radius 1 is 1.50 bits per heavy atom. The van der Waals surface area contributed by atoms with Gasteiger partial charge in [-0.05, 0) is 18.4 Å². The maximum atomic E-state index is 12.0. The van der Waals surface area contributed by atoms with Gasteiger partial charge < -0.3 is 4.98 Å². The Bertz CT molecular complexity index is 499. The van der Waals surface area contributed by atoms with Crippen LogP contribution in [0.2, 0.25) is 0 Å². The molecule has 0 fully saturated rings. The third-order valence-electron chi connectivity index (χ3n) is 2.73. The summed E-state index contributed by atoms with van der Waals surface area (Å²) in [6.45, 7) is 4.26. The minimum Gasteiger partial charge on any atom is -0.360 e. The van der Waals surface area contributed by atoms with Crippen LogP contribution in [0.3, 0.4) is 0 Å². The predicted molar refractivity (Wildman–Crippen MR) is 64.5 cm³/mol. The second-order valence-electron chi connectivity index (χ2n) is 4.48. The molecule has 2 aromatic heterocycles. The summed E-state index contributed by atoms with van der Waals surface area (Å²) in [7, 11) is 0. The molecule has 16 heavy (non-hydrogen) atoms. The van der Waals surface area contributed by atoms with E-state index in [1.165, 1.54) is 0 Å². The van der Waals surface area contributed by atoms with Gasteiger partial charge in [-0.1, -0.05) is 13.8 Å². The van der Waals surface area contributed by atoms with Gasteiger partial charge in [-0.3, -0.25) is 9.78 Å². The number of aromatic nitrogens is 2. The van der Waals surface area contributed by atoms with Crippen LogP contribution in [0.1, 0.15) is 37.0 Å². The zero-order chi connectivity index (χ0) is 11.5. The maximum Gasteiger partial charge on any atom is 0.165 e. The second kappa shape index (κ2) is 4.47. The highest BCUT2D eigenvalue weighted by Gasteiger charge is 2.12. The molecule has 0 spiro atoms. The van der Waals surface area contributed by atoms with Crippen molar-refractivity contribution in [2.75, 3.05) is 0 Å². The van der Waals surface area contributed by atoms with Crippen molar-refractivity contribution in [2.45, 2.75) is 26.7 Å². The van der Waals surface area contributed by atoms with Crippen LogP contribution in [-0.2, 0) is 0 Å². The highest BCUT2D eigenvalue weighted by Crippen LogP contribution is 2.19. The molecule has 2 aromatic rings. The molecular formula is C13H16N2O. The second-order valence-corrected chi connectivity index (χ2v) is 4.48. The van der Waals surface area contributed by atoms with Crippen molar-refractivity contribution in [3.05, 3.63) is 30.2 Å². The summed E-state index contributed by atoms with van der Waals surface area (Å²) in [5.41, 5.74) is 1.74. The smallest absolute Gasteiger partial charge is 0.165 e. The number of H-pyrrole nitrogens is 1. The summed E-state index contributed by atoms with van der Waals surface area (Å²) >= 11 is 0. The fraction of sp³-hybridized carbons (Fsp3) is 0.385. The normalized spacial score (nSPS) is 11.2. The van der Waals surface area contributed by atoms with Crippen LogP contribution in [0, 0.1) is 5.92 Å². The highest BCUT2D eigenvalue weighted by molar-refractivity contribution is 6.07. The number of carbonyl (C=O) groups excluding carboxylic acids is 1. The number of hydrogen-bond donors (Lipinski definition) is 1. The molecular weight excluding hydrogens is 200 g/mol. The quantitative estimate of drug-likeness (QED) is 0.798. The number of pyridine rings is 1. The molecule has 0 bridgehead atoms. The van der Waals surface area contributed by atoms with E-state index in [4.69, 9.17) is 0 Å². The number of nitrogens with zero attached hydrogens (tertiary/aromatic N) is 1. The topological polar surface area (TPSA) is 45.8 Å². The lowest BCUT2D eigenvalue weighted by molar-refractivity contribution is 0.0977. The molecule has 0 atom stereocenters. The lowest BCUT2D eigenvalue weighted by Gasteiger charge is -2.02. The lowest BCUT2D eigenvalue weighted by atomic mass is 10.0. The van der Waals surface area contributed by atoms with Crippen molar-refractivity contribution in [3.8, 4) is 0 Å². The monoisotopic (exact) mass is 216 g/mol. The van der Waals surface area contributed by atoms with E-state index in [2.05, 4.69) is 23.8 Å². The van der Waals surface area contributed by atoms with Crippen molar-refractivity contribution in [1.29, 1.82) is 0 Å². The molecule has 0 aliphatic carbocycles. The molecule has 0 saturated carbocycles. The van der Waals surface area contributed by atoms with Crippen LogP contribution in [0.15, 0.2) is 24.7 Å². The fourth-order valence-electron chi connectivity index (χ4n) is 1.75. The largest absolute Gasteiger partial charge is 0.360 e. The van der Waals surface area contributed by atoms with Gasteiger partial charge in [0.1, 0.15) is 0 Å². The SMILES string of the molecule is CC(C)CCC(=O)c1c[nH]c2ccncc12. The van der Waals surface area contributed by atoms with Crippen LogP contribution in [-0.4, -0.2) is 15.8 Å². The minimum absolute atomic E-state index is 0.202. The molecule has 1 N–H and O–H groups in total. The van der Waals surface area contributed by atoms with E-state index >= 15 is 0 Å². The molecule has 0 aliphatic rings. The van der Waals surface area contributed by atoms with Crippen LogP contribution in [0.5, 0.6) is 0 Å². The molecule has 2 heterocycles. The first-order valence-corrected chi connectivity index (χ1v) is 5.63. The van der Waals surface area contributed by atoms with Gasteiger partial charge in [0, 0.05) is 41.5 Å². The van der Waals surface area contributed by atoms with Crippen LogP contribution in [0.4, 0.5) is 0 Å². The van der Waals surface area contributed by atoms with Crippen LogP contribution in [0.25, 0.3) is 10.9 Å². The Labute approximate surface area is 94.9 Å². The molecule has 0 radical (unpaired) electrons. The van der Waals surface area contributed by atoms with Crippen molar-refractivity contribution >= 4 is 16.7 Å². The molecule has 2 rings (SSSR count). The number of aromatic amines is 1. The average molecular weight is 216 g/mol. The summed E-state index contributed by atoms with van der Waals surface area (Å²) in [5.74, 6) is 0.764. The number of rotatable bonds is 4. The van der Waals surface area contributed by atoms with E-state index in [9.17, 15) is 4.79 Å². The van der Waals surface area contributed by atoms with E-state index in [1.807, 2.05) is 6.07 Å². The number of nitrogens with one attached hydrogen (secondary N) is 1. The average Bonchev–Trinajstić information content (AvgIpc) is 2.69. The van der Waals surface area contributed by atoms with E-state index in [0.717, 1.165) is 22.9 Å². The van der Waals surface area contributed by atoms with Crippen LogP contribution >= 0.6 is 0 Å². The summed E-state index contributed by atoms with van der Waals surface area (Å²) in [6, 6.07) is 1.88. The zero-order valence-electron chi connectivity index (χ0n) is 9.66. The third kappa shape index (κ3) is 2.13. The lowest BCUT2D eigenvalue weighted by Crippen LogP contribution is -2.00. The zero-order valence-corrected chi connectivity index (χ0v) is 9.66. The van der Waals surface area contributed by atoms with Gasteiger partial charge in [-0.15, -0.1) is 0 Å². The summed E-state index contributed by atoms with van der Waals surface area (Å²) in [5, 5.41) is 0.927. The van der Waals surface area contributed by atoms with E-state index in [-0.39, 0.29) is 5.78 Å². The standard InChI is InChI=1S/C13H16N2O/c1-9(2)3-4-13(16)11-8-15-12-5-6-14-7-10(11)12/h5-9,15H,3-4H2,1-2H3. The van der Waals surface area contributed by atoms with Crippen molar-refractivity contribution in [2.24, 2.45) is 5.92 Å². The Hall–Kier alpha value is -1.64. The Kier molecular flexibility index (Phi) is 3.04. The van der Waals surface area contributed by atoms with Gasteiger partial charge in [0.25, 0.3) is 0 Å². The molecule has 0 aliphatic heterocycles. The first-order chi connectivity index (χ1) is 7.68. The molecule has 84 valence electrons. The number of hydrogen-bond acceptors (Lipinski definition) is 2. The van der Waals surface area contributed by atoms with Gasteiger partial charge in [0.05, 0.1) is 0 Å². The van der Waals surface area contributed by atoms with E-state index in [1.54, 1.807) is 18.6 Å². The summed E-state index contributed by atoms with van der Waals surface area (Å²) in [4.78, 5) is 19.1. The maximum absolute atomic E-state index is 12.0. The van der Waals surface area contributed by atoms with Crippen molar-refractivity contribution in [3.63, 3.8) is 0 Å². The molecule has 3 heteroatoms. The van der Waals surface area contributed by atoms with Crippen molar-refractivity contribution in [1.82, 2.24) is 9.97 Å². The molecule has 0 unspecified atom stereocenters. The van der Waals surface area contributed by atoms with E-state index < -0.39 is 0 Å². The fourth-order valence-corrected chi connectivity index (χ4v) is 1.75. The summed E-state index contributed by atoms with van der Waals surface area (Å²) in [6.07, 6.45) is 6.80. The van der Waals surface area contributed by atoms with Gasteiger partial charge in [-0.25, -0.2) is 0 Å². The third-order valence-corrected chi connectivity index (χ3v) is 2.73. The van der Waals surface area contributed by atoms with Gasteiger partial charge in [0.15, 0.2) is 5.78 Å². The minimum atomic E-state index is 0.202. The first-order valence-electron chi connectivity index (χ1n) is 5.63. The van der Waals surface area contributed by atoms with Gasteiger partial charge >= 0.3 is 0 Å². The molecule has 0 saturated heterocycles. The first kappa shape index (κ1) is 10.9. The predicted octanol–water partition coefficient (Wildman–Crippen LogP) is 3.18. The molecule has 0 aromatic carbocycles. The number of fused-ring (bicyclic) bond motifs is 1. The number of Topliss-reactive ketones (excluding diaryl/α,β-unsaturated/α-hetero) is 1. The van der Waals surface area contributed by atoms with Gasteiger partial charge in [-0.2, -0.15) is 0 Å². The Balaban J connectivity index is 2.23. The summed E-state index contributed by atoms with van der Waals surface area (Å²) < 4.78 is 0. The van der Waals surface area contributed by atoms with Crippen molar-refractivity contribution < 1.29 is 4.79 Å².